The van der Waals surface area contributed by atoms with Gasteiger partial charge in [0.1, 0.15) is 0 Å². The van der Waals surface area contributed by atoms with E-state index in [1.165, 1.54) is 28.8 Å². The Morgan fingerprint density at radius 2 is 1.65 bits per heavy atom. The monoisotopic (exact) mass is 364 g/mol. The van der Waals surface area contributed by atoms with E-state index in [2.05, 4.69) is 71.1 Å². The minimum absolute atomic E-state index is 0.286. The van der Waals surface area contributed by atoms with Gasteiger partial charge in [0.25, 0.3) is 0 Å². The van der Waals surface area contributed by atoms with Crippen LogP contribution >= 0.6 is 11.6 Å². The first-order valence-corrected chi connectivity index (χ1v) is 9.85. The number of aromatic nitrogens is 1. The fourth-order valence-corrected chi connectivity index (χ4v) is 4.08. The Morgan fingerprint density at radius 1 is 0.923 bits per heavy atom. The van der Waals surface area contributed by atoms with E-state index >= 15 is 0 Å². The van der Waals surface area contributed by atoms with E-state index in [0.29, 0.717) is 0 Å². The Hall–Kier alpha value is -2.03. The topological polar surface area (TPSA) is 8.17 Å². The average Bonchev–Trinajstić information content (AvgIpc) is 3.05. The lowest BCUT2D eigenvalue weighted by Gasteiger charge is -2.31. The molecule has 0 spiro atoms. The van der Waals surface area contributed by atoms with Gasteiger partial charge >= 0.3 is 0 Å². The second-order valence-electron chi connectivity index (χ2n) is 7.07. The van der Waals surface area contributed by atoms with Crippen LogP contribution in [0, 0.1) is 0 Å². The van der Waals surface area contributed by atoms with Crippen molar-refractivity contribution in [2.75, 3.05) is 6.54 Å². The molecule has 1 unspecified atom stereocenters. The molecule has 1 atom stereocenters. The van der Waals surface area contributed by atoms with Crippen LogP contribution in [0.4, 0.5) is 0 Å². The summed E-state index contributed by atoms with van der Waals surface area (Å²) in [4.78, 5) is 2.60. The Balaban J connectivity index is 1.71. The third kappa shape index (κ3) is 3.58. The Kier molecular flexibility index (Phi) is 5.14. The SMILES string of the molecule is CCc1ccc(C2c3cccn3CCCN2Cc2ccc(Cl)cc2)cc1. The molecular weight excluding hydrogens is 340 g/mol. The van der Waals surface area contributed by atoms with Crippen molar-refractivity contribution in [2.45, 2.75) is 38.9 Å². The maximum absolute atomic E-state index is 6.07. The summed E-state index contributed by atoms with van der Waals surface area (Å²) in [5.74, 6) is 0. The van der Waals surface area contributed by atoms with Crippen LogP contribution in [0.15, 0.2) is 66.9 Å². The molecule has 3 heteroatoms. The molecule has 1 aromatic heterocycles. The molecule has 0 saturated heterocycles. The summed E-state index contributed by atoms with van der Waals surface area (Å²) in [5.41, 5.74) is 5.46. The summed E-state index contributed by atoms with van der Waals surface area (Å²) in [6.07, 6.45) is 4.46. The molecule has 0 amide bonds. The summed E-state index contributed by atoms with van der Waals surface area (Å²) in [6.45, 7) is 5.31. The Morgan fingerprint density at radius 3 is 2.38 bits per heavy atom. The smallest absolute Gasteiger partial charge is 0.0759 e. The largest absolute Gasteiger partial charge is 0.350 e. The van der Waals surface area contributed by atoms with Crippen LogP contribution in [-0.2, 0) is 19.5 Å². The highest BCUT2D eigenvalue weighted by Crippen LogP contribution is 2.33. The van der Waals surface area contributed by atoms with Gasteiger partial charge in [-0.2, -0.15) is 0 Å². The van der Waals surface area contributed by atoms with Crippen LogP contribution in [0.5, 0.6) is 0 Å². The number of benzene rings is 2. The van der Waals surface area contributed by atoms with Gasteiger partial charge in [-0.3, -0.25) is 4.90 Å². The number of hydrogen-bond acceptors (Lipinski definition) is 1. The molecule has 0 N–H and O–H groups in total. The number of fused-ring (bicyclic) bond motifs is 1. The molecule has 0 saturated carbocycles. The first-order valence-electron chi connectivity index (χ1n) is 9.47. The lowest BCUT2D eigenvalue weighted by atomic mass is 9.99. The quantitative estimate of drug-likeness (QED) is 0.576. The highest BCUT2D eigenvalue weighted by Gasteiger charge is 2.27. The predicted octanol–water partition coefficient (Wildman–Crippen LogP) is 5.70. The first kappa shape index (κ1) is 17.4. The van der Waals surface area contributed by atoms with Gasteiger partial charge in [-0.15, -0.1) is 0 Å². The van der Waals surface area contributed by atoms with Crippen molar-refractivity contribution in [3.05, 3.63) is 94.3 Å². The second-order valence-corrected chi connectivity index (χ2v) is 7.51. The standard InChI is InChI=1S/C23H25ClN2/c1-2-18-6-10-20(11-7-18)23-22-5-3-14-25(22)15-4-16-26(23)17-19-8-12-21(24)13-9-19/h3,5-14,23H,2,4,15-17H2,1H3. The number of hydrogen-bond donors (Lipinski definition) is 0. The Labute approximate surface area is 161 Å². The molecule has 2 nitrogen and oxygen atoms in total. The van der Waals surface area contributed by atoms with Crippen molar-refractivity contribution in [3.63, 3.8) is 0 Å². The molecule has 0 bridgehead atoms. The second kappa shape index (κ2) is 7.69. The maximum Gasteiger partial charge on any atom is 0.0759 e. The van der Waals surface area contributed by atoms with E-state index in [1.54, 1.807) is 0 Å². The summed E-state index contributed by atoms with van der Waals surface area (Å²) in [6, 6.07) is 22.2. The zero-order valence-electron chi connectivity index (χ0n) is 15.2. The van der Waals surface area contributed by atoms with Crippen LogP contribution in [0.3, 0.4) is 0 Å². The number of nitrogens with zero attached hydrogens (tertiary/aromatic N) is 2. The van der Waals surface area contributed by atoms with Crippen LogP contribution < -0.4 is 0 Å². The van der Waals surface area contributed by atoms with Gasteiger partial charge in [0.2, 0.25) is 0 Å². The van der Waals surface area contributed by atoms with Gasteiger partial charge in [0.05, 0.1) is 6.04 Å². The van der Waals surface area contributed by atoms with E-state index in [-0.39, 0.29) is 6.04 Å². The van der Waals surface area contributed by atoms with Crippen LogP contribution in [-0.4, -0.2) is 16.0 Å². The minimum Gasteiger partial charge on any atom is -0.350 e. The molecule has 26 heavy (non-hydrogen) atoms. The highest BCUT2D eigenvalue weighted by molar-refractivity contribution is 6.30. The van der Waals surface area contributed by atoms with Crippen molar-refractivity contribution >= 4 is 11.6 Å². The molecule has 1 aliphatic rings. The highest BCUT2D eigenvalue weighted by atomic mass is 35.5. The predicted molar refractivity (Wildman–Crippen MR) is 109 cm³/mol. The fourth-order valence-electron chi connectivity index (χ4n) is 3.95. The van der Waals surface area contributed by atoms with Crippen LogP contribution in [0.1, 0.15) is 41.8 Å². The molecule has 3 aromatic rings. The molecule has 2 heterocycles. The van der Waals surface area contributed by atoms with Gasteiger partial charge in [0, 0.05) is 36.5 Å². The van der Waals surface area contributed by atoms with Gasteiger partial charge in [-0.1, -0.05) is 54.9 Å². The lowest BCUT2D eigenvalue weighted by Crippen LogP contribution is -2.29. The van der Waals surface area contributed by atoms with Crippen molar-refractivity contribution in [1.29, 1.82) is 0 Å². The fraction of sp³-hybridized carbons (Fsp3) is 0.304. The normalized spacial score (nSPS) is 17.7. The molecule has 0 fully saturated rings. The van der Waals surface area contributed by atoms with Gasteiger partial charge in [-0.05, 0) is 53.8 Å². The molecule has 134 valence electrons. The summed E-state index contributed by atoms with van der Waals surface area (Å²) >= 11 is 6.07. The first-order chi connectivity index (χ1) is 12.7. The molecule has 0 aliphatic carbocycles. The summed E-state index contributed by atoms with van der Waals surface area (Å²) < 4.78 is 2.42. The van der Waals surface area contributed by atoms with E-state index in [0.717, 1.165) is 31.1 Å². The summed E-state index contributed by atoms with van der Waals surface area (Å²) in [7, 11) is 0. The zero-order valence-corrected chi connectivity index (χ0v) is 16.0. The van der Waals surface area contributed by atoms with Crippen LogP contribution in [0.2, 0.25) is 5.02 Å². The zero-order chi connectivity index (χ0) is 17.9. The molecule has 1 aliphatic heterocycles. The van der Waals surface area contributed by atoms with Gasteiger partial charge in [0.15, 0.2) is 0 Å². The summed E-state index contributed by atoms with van der Waals surface area (Å²) in [5, 5.41) is 0.796. The van der Waals surface area contributed by atoms with E-state index in [9.17, 15) is 0 Å². The molecule has 2 aromatic carbocycles. The van der Waals surface area contributed by atoms with Crippen molar-refractivity contribution < 1.29 is 0 Å². The van der Waals surface area contributed by atoms with Crippen molar-refractivity contribution in [2.24, 2.45) is 0 Å². The van der Waals surface area contributed by atoms with Gasteiger partial charge < -0.3 is 4.57 Å². The van der Waals surface area contributed by atoms with Crippen molar-refractivity contribution in [1.82, 2.24) is 9.47 Å². The van der Waals surface area contributed by atoms with E-state index in [4.69, 9.17) is 11.6 Å². The average molecular weight is 365 g/mol. The Bertz CT molecular complexity index is 849. The van der Waals surface area contributed by atoms with Crippen LogP contribution in [0.25, 0.3) is 0 Å². The third-order valence-corrected chi connectivity index (χ3v) is 5.61. The number of rotatable bonds is 4. The molecule has 4 rings (SSSR count). The minimum atomic E-state index is 0.286. The van der Waals surface area contributed by atoms with E-state index < -0.39 is 0 Å². The third-order valence-electron chi connectivity index (χ3n) is 5.36. The molecular formula is C23H25ClN2. The van der Waals surface area contributed by atoms with Gasteiger partial charge in [-0.25, -0.2) is 0 Å². The maximum atomic E-state index is 6.07. The lowest BCUT2D eigenvalue weighted by molar-refractivity contribution is 0.220. The van der Waals surface area contributed by atoms with Crippen molar-refractivity contribution in [3.8, 4) is 0 Å². The number of aryl methyl sites for hydroxylation is 2. The number of halogens is 1. The molecule has 0 radical (unpaired) electrons. The van der Waals surface area contributed by atoms with E-state index in [1.807, 2.05) is 12.1 Å².